The second-order valence-corrected chi connectivity index (χ2v) is 7.58. The van der Waals surface area contributed by atoms with E-state index in [2.05, 4.69) is 5.32 Å². The standard InChI is InChI=1S/C7H17NO3Si/c1-12(2,11)6-5-8-4-3-7(9)10/h8,11H,3-6H2,1-2H3,(H,9,10). The molecule has 72 valence electrons. The van der Waals surface area contributed by atoms with E-state index in [-0.39, 0.29) is 6.42 Å². The normalized spacial score (nSPS) is 11.6. The van der Waals surface area contributed by atoms with Crippen LogP contribution >= 0.6 is 0 Å². The molecule has 0 saturated heterocycles. The van der Waals surface area contributed by atoms with Crippen LogP contribution in [0.15, 0.2) is 0 Å². The van der Waals surface area contributed by atoms with Crippen LogP contribution < -0.4 is 5.32 Å². The van der Waals surface area contributed by atoms with E-state index >= 15 is 0 Å². The molecule has 3 N–H and O–H groups in total. The van der Waals surface area contributed by atoms with Gasteiger partial charge in [-0.05, 0) is 25.7 Å². The molecule has 0 aliphatic carbocycles. The van der Waals surface area contributed by atoms with Gasteiger partial charge in [-0.1, -0.05) is 0 Å². The van der Waals surface area contributed by atoms with Gasteiger partial charge in [0.25, 0.3) is 0 Å². The maximum Gasteiger partial charge on any atom is 0.304 e. The van der Waals surface area contributed by atoms with Crippen LogP contribution in [-0.4, -0.2) is 37.3 Å². The van der Waals surface area contributed by atoms with Gasteiger partial charge in [0.2, 0.25) is 0 Å². The Balaban J connectivity index is 3.17. The molecule has 0 amide bonds. The van der Waals surface area contributed by atoms with E-state index in [1.807, 2.05) is 13.1 Å². The molecule has 0 radical (unpaired) electrons. The third kappa shape index (κ3) is 9.61. The zero-order chi connectivity index (χ0) is 9.61. The maximum absolute atomic E-state index is 10.1. The molecule has 0 heterocycles. The smallest absolute Gasteiger partial charge is 0.304 e. The van der Waals surface area contributed by atoms with Crippen molar-refractivity contribution in [3.05, 3.63) is 0 Å². The minimum Gasteiger partial charge on any atom is -0.481 e. The van der Waals surface area contributed by atoms with Crippen molar-refractivity contribution in [3.63, 3.8) is 0 Å². The third-order valence-corrected chi connectivity index (χ3v) is 2.90. The maximum atomic E-state index is 10.1. The van der Waals surface area contributed by atoms with Crippen LogP contribution in [0.4, 0.5) is 0 Å². The number of aliphatic carboxylic acids is 1. The number of hydrogen-bond donors (Lipinski definition) is 3. The molecular formula is C7H17NO3Si. The van der Waals surface area contributed by atoms with Crippen LogP contribution in [0.1, 0.15) is 6.42 Å². The first-order chi connectivity index (χ1) is 5.42. The molecule has 0 atom stereocenters. The average molecular weight is 191 g/mol. The molecule has 0 aromatic rings. The Kier molecular flexibility index (Phi) is 5.11. The van der Waals surface area contributed by atoms with Gasteiger partial charge in [0, 0.05) is 6.54 Å². The second kappa shape index (κ2) is 5.29. The highest BCUT2D eigenvalue weighted by Crippen LogP contribution is 2.01. The fourth-order valence-electron chi connectivity index (χ4n) is 0.715. The van der Waals surface area contributed by atoms with Crippen molar-refractivity contribution in [1.29, 1.82) is 0 Å². The average Bonchev–Trinajstić information content (AvgIpc) is 1.83. The fourth-order valence-corrected chi connectivity index (χ4v) is 1.50. The Bertz CT molecular complexity index is 144. The number of hydrogen-bond acceptors (Lipinski definition) is 3. The lowest BCUT2D eigenvalue weighted by molar-refractivity contribution is -0.136. The van der Waals surface area contributed by atoms with Crippen molar-refractivity contribution in [3.8, 4) is 0 Å². The molecule has 0 fully saturated rings. The monoisotopic (exact) mass is 191 g/mol. The molecule has 0 unspecified atom stereocenters. The molecule has 0 aliphatic heterocycles. The van der Waals surface area contributed by atoms with Crippen molar-refractivity contribution >= 4 is 14.3 Å². The molecular weight excluding hydrogens is 174 g/mol. The van der Waals surface area contributed by atoms with Crippen molar-refractivity contribution in [2.24, 2.45) is 0 Å². The lowest BCUT2D eigenvalue weighted by Crippen LogP contribution is -2.31. The Morgan fingerprint density at radius 1 is 1.42 bits per heavy atom. The summed E-state index contributed by atoms with van der Waals surface area (Å²) in [4.78, 5) is 19.5. The van der Waals surface area contributed by atoms with E-state index in [0.717, 1.165) is 6.04 Å². The van der Waals surface area contributed by atoms with E-state index in [4.69, 9.17) is 5.11 Å². The number of carboxylic acids is 1. The van der Waals surface area contributed by atoms with Gasteiger partial charge in [-0.25, -0.2) is 0 Å². The summed E-state index contributed by atoms with van der Waals surface area (Å²) < 4.78 is 0. The Morgan fingerprint density at radius 3 is 2.42 bits per heavy atom. The Labute approximate surface area is 73.7 Å². The minimum atomic E-state index is -1.94. The van der Waals surface area contributed by atoms with Gasteiger partial charge in [-0.15, -0.1) is 0 Å². The molecule has 0 aromatic carbocycles. The van der Waals surface area contributed by atoms with Crippen LogP contribution in [-0.2, 0) is 4.79 Å². The SMILES string of the molecule is C[Si](C)(O)CCNCCC(=O)O. The molecule has 0 aliphatic rings. The summed E-state index contributed by atoms with van der Waals surface area (Å²) >= 11 is 0. The van der Waals surface area contributed by atoms with Crippen LogP contribution in [0.2, 0.25) is 19.1 Å². The zero-order valence-corrected chi connectivity index (χ0v) is 8.63. The van der Waals surface area contributed by atoms with Crippen molar-refractivity contribution in [1.82, 2.24) is 5.32 Å². The van der Waals surface area contributed by atoms with Gasteiger partial charge in [0.15, 0.2) is 8.32 Å². The van der Waals surface area contributed by atoms with E-state index in [9.17, 15) is 9.59 Å². The molecule has 0 bridgehead atoms. The number of rotatable bonds is 6. The Morgan fingerprint density at radius 2 is 2.00 bits per heavy atom. The minimum absolute atomic E-state index is 0.146. The van der Waals surface area contributed by atoms with Crippen LogP contribution in [0.25, 0.3) is 0 Å². The van der Waals surface area contributed by atoms with Crippen molar-refractivity contribution in [2.75, 3.05) is 13.1 Å². The largest absolute Gasteiger partial charge is 0.481 e. The number of nitrogens with one attached hydrogen (secondary N) is 1. The second-order valence-electron chi connectivity index (χ2n) is 3.46. The third-order valence-electron chi connectivity index (χ3n) is 1.43. The molecule has 0 aromatic heterocycles. The van der Waals surface area contributed by atoms with E-state index in [0.29, 0.717) is 13.1 Å². The Hall–Kier alpha value is -0.393. The van der Waals surface area contributed by atoms with E-state index < -0.39 is 14.3 Å². The highest BCUT2D eigenvalue weighted by atomic mass is 28.4. The van der Waals surface area contributed by atoms with Gasteiger partial charge < -0.3 is 15.2 Å². The van der Waals surface area contributed by atoms with Gasteiger partial charge >= 0.3 is 5.97 Å². The number of carboxylic acid groups (broad SMARTS) is 1. The summed E-state index contributed by atoms with van der Waals surface area (Å²) in [7, 11) is -1.94. The first kappa shape index (κ1) is 11.6. The predicted octanol–water partition coefficient (Wildman–Crippen LogP) is 0.248. The summed E-state index contributed by atoms with van der Waals surface area (Å²) in [5.41, 5.74) is 0. The summed E-state index contributed by atoms with van der Waals surface area (Å²) in [5, 5.41) is 11.3. The van der Waals surface area contributed by atoms with Crippen molar-refractivity contribution < 1.29 is 14.7 Å². The molecule has 0 spiro atoms. The fraction of sp³-hybridized carbons (Fsp3) is 0.857. The van der Waals surface area contributed by atoms with E-state index in [1.165, 1.54) is 0 Å². The van der Waals surface area contributed by atoms with Crippen molar-refractivity contribution in [2.45, 2.75) is 25.6 Å². The molecule has 5 heteroatoms. The van der Waals surface area contributed by atoms with E-state index in [1.54, 1.807) is 0 Å². The van der Waals surface area contributed by atoms with Crippen LogP contribution in [0.5, 0.6) is 0 Å². The van der Waals surface area contributed by atoms with Crippen LogP contribution in [0, 0.1) is 0 Å². The highest BCUT2D eigenvalue weighted by Gasteiger charge is 2.15. The zero-order valence-electron chi connectivity index (χ0n) is 7.63. The molecule has 12 heavy (non-hydrogen) atoms. The van der Waals surface area contributed by atoms with Gasteiger partial charge in [0.1, 0.15) is 0 Å². The molecule has 0 saturated carbocycles. The quantitative estimate of drug-likeness (QED) is 0.416. The predicted molar refractivity (Wildman–Crippen MR) is 49.6 cm³/mol. The first-order valence-corrected chi connectivity index (χ1v) is 7.22. The lowest BCUT2D eigenvalue weighted by Gasteiger charge is -2.13. The lowest BCUT2D eigenvalue weighted by atomic mass is 10.4. The van der Waals surface area contributed by atoms with Crippen LogP contribution in [0.3, 0.4) is 0 Å². The summed E-state index contributed by atoms with van der Waals surface area (Å²) in [6.07, 6.45) is 0.146. The summed E-state index contributed by atoms with van der Waals surface area (Å²) in [6, 6.07) is 0.770. The van der Waals surface area contributed by atoms with Gasteiger partial charge in [-0.2, -0.15) is 0 Å². The first-order valence-electron chi connectivity index (χ1n) is 4.07. The number of carbonyl (C=O) groups is 1. The molecule has 4 nitrogen and oxygen atoms in total. The topological polar surface area (TPSA) is 69.6 Å². The highest BCUT2D eigenvalue weighted by molar-refractivity contribution is 6.69. The molecule has 0 rings (SSSR count). The van der Waals surface area contributed by atoms with Gasteiger partial charge in [-0.3, -0.25) is 4.79 Å². The summed E-state index contributed by atoms with van der Waals surface area (Å²) in [5.74, 6) is -0.789. The van der Waals surface area contributed by atoms with Gasteiger partial charge in [0.05, 0.1) is 6.42 Å². The summed E-state index contributed by atoms with van der Waals surface area (Å²) in [6.45, 7) is 4.93.